The zero-order valence-corrected chi connectivity index (χ0v) is 9.69. The minimum Gasteiger partial charge on any atom is -0.399 e. The van der Waals surface area contributed by atoms with Crippen LogP contribution in [0.2, 0.25) is 5.02 Å². The van der Waals surface area contributed by atoms with Gasteiger partial charge in [-0.25, -0.2) is 0 Å². The molecule has 1 amide bonds. The number of benzene rings is 1. The molecule has 2 aromatic rings. The number of anilines is 2. The lowest BCUT2D eigenvalue weighted by atomic mass is 10.3. The Kier molecular flexibility index (Phi) is 3.30. The predicted molar refractivity (Wildman–Crippen MR) is 66.7 cm³/mol. The van der Waals surface area contributed by atoms with Gasteiger partial charge in [-0.15, -0.1) is 0 Å². The number of nitrogens with one attached hydrogen (secondary N) is 1. The molecule has 0 radical (unpaired) electrons. The maximum atomic E-state index is 11.7. The largest absolute Gasteiger partial charge is 0.399 e. The Hall–Kier alpha value is -2.01. The molecule has 88 valence electrons. The molecule has 0 spiro atoms. The summed E-state index contributed by atoms with van der Waals surface area (Å²) in [5.41, 5.74) is 6.65. The number of carbonyl (C=O) groups excluding carboxylic acids is 1. The maximum absolute atomic E-state index is 11.7. The number of nitrogen functional groups attached to an aromatic ring is 1. The molecule has 0 unspecified atom stereocenters. The van der Waals surface area contributed by atoms with Crippen molar-refractivity contribution in [2.24, 2.45) is 0 Å². The summed E-state index contributed by atoms with van der Waals surface area (Å²) >= 11 is 5.94. The molecule has 0 saturated heterocycles. The van der Waals surface area contributed by atoms with Gasteiger partial charge in [0.25, 0.3) is 0 Å². The van der Waals surface area contributed by atoms with Crippen molar-refractivity contribution in [3.63, 3.8) is 0 Å². The third-order valence-corrected chi connectivity index (χ3v) is 2.44. The Balaban J connectivity index is 2.03. The second-order valence-corrected chi connectivity index (χ2v) is 3.90. The molecule has 1 aromatic carbocycles. The van der Waals surface area contributed by atoms with E-state index in [0.29, 0.717) is 16.4 Å². The third-order valence-electron chi connectivity index (χ3n) is 2.13. The summed E-state index contributed by atoms with van der Waals surface area (Å²) < 4.78 is 1.53. The second-order valence-electron chi connectivity index (χ2n) is 3.49. The van der Waals surface area contributed by atoms with Crippen LogP contribution in [0.1, 0.15) is 0 Å². The van der Waals surface area contributed by atoms with Crippen LogP contribution in [0, 0.1) is 0 Å². The molecule has 0 aliphatic rings. The highest BCUT2D eigenvalue weighted by molar-refractivity contribution is 6.34. The molecule has 0 fully saturated rings. The number of hydrogen-bond donors (Lipinski definition) is 2. The number of hydrogen-bond acceptors (Lipinski definition) is 3. The molecule has 5 nitrogen and oxygen atoms in total. The van der Waals surface area contributed by atoms with Gasteiger partial charge >= 0.3 is 0 Å². The van der Waals surface area contributed by atoms with Crippen LogP contribution in [0.25, 0.3) is 0 Å². The number of carbonyl (C=O) groups is 1. The van der Waals surface area contributed by atoms with E-state index in [-0.39, 0.29) is 12.5 Å². The highest BCUT2D eigenvalue weighted by Gasteiger charge is 2.06. The SMILES string of the molecule is Nc1ccc(NC(=O)Cn2cccn2)c(Cl)c1. The summed E-state index contributed by atoms with van der Waals surface area (Å²) in [6.45, 7) is 0.147. The van der Waals surface area contributed by atoms with E-state index in [1.807, 2.05) is 0 Å². The van der Waals surface area contributed by atoms with Crippen LogP contribution in [0.3, 0.4) is 0 Å². The molecule has 6 heteroatoms. The monoisotopic (exact) mass is 250 g/mol. The van der Waals surface area contributed by atoms with Gasteiger partial charge in [-0.3, -0.25) is 9.48 Å². The first-order valence-electron chi connectivity index (χ1n) is 4.97. The highest BCUT2D eigenvalue weighted by atomic mass is 35.5. The molecule has 0 saturated carbocycles. The van der Waals surface area contributed by atoms with E-state index < -0.39 is 0 Å². The van der Waals surface area contributed by atoms with Crippen molar-refractivity contribution in [3.05, 3.63) is 41.7 Å². The van der Waals surface area contributed by atoms with Gasteiger partial charge in [-0.2, -0.15) is 5.10 Å². The fourth-order valence-corrected chi connectivity index (χ4v) is 1.60. The van der Waals surface area contributed by atoms with Crippen molar-refractivity contribution in [2.75, 3.05) is 11.1 Å². The van der Waals surface area contributed by atoms with Crippen molar-refractivity contribution < 1.29 is 4.79 Å². The Morgan fingerprint density at radius 2 is 2.35 bits per heavy atom. The minimum atomic E-state index is -0.194. The Morgan fingerprint density at radius 3 is 3.00 bits per heavy atom. The summed E-state index contributed by atoms with van der Waals surface area (Å²) in [6.07, 6.45) is 3.33. The van der Waals surface area contributed by atoms with Crippen LogP contribution in [-0.4, -0.2) is 15.7 Å². The molecule has 1 aromatic heterocycles. The van der Waals surface area contributed by atoms with Crippen LogP contribution in [0.4, 0.5) is 11.4 Å². The lowest BCUT2D eigenvalue weighted by Crippen LogP contribution is -2.19. The van der Waals surface area contributed by atoms with E-state index in [0.717, 1.165) is 0 Å². The summed E-state index contributed by atoms with van der Waals surface area (Å²) in [5.74, 6) is -0.194. The summed E-state index contributed by atoms with van der Waals surface area (Å²) in [6, 6.07) is 6.68. The average Bonchev–Trinajstić information content (AvgIpc) is 2.75. The number of amides is 1. The van der Waals surface area contributed by atoms with E-state index in [2.05, 4.69) is 10.4 Å². The van der Waals surface area contributed by atoms with Crippen LogP contribution < -0.4 is 11.1 Å². The van der Waals surface area contributed by atoms with Crippen molar-refractivity contribution in [2.45, 2.75) is 6.54 Å². The van der Waals surface area contributed by atoms with Gasteiger partial charge in [0.15, 0.2) is 0 Å². The van der Waals surface area contributed by atoms with Crippen molar-refractivity contribution in [3.8, 4) is 0 Å². The van der Waals surface area contributed by atoms with Gasteiger partial charge in [-0.05, 0) is 24.3 Å². The van der Waals surface area contributed by atoms with Gasteiger partial charge in [0, 0.05) is 18.1 Å². The fraction of sp³-hybridized carbons (Fsp3) is 0.0909. The zero-order valence-electron chi connectivity index (χ0n) is 8.93. The quantitative estimate of drug-likeness (QED) is 0.816. The lowest BCUT2D eigenvalue weighted by Gasteiger charge is -2.07. The second kappa shape index (κ2) is 4.88. The number of nitrogens with zero attached hydrogens (tertiary/aromatic N) is 2. The first-order valence-corrected chi connectivity index (χ1v) is 5.35. The summed E-state index contributed by atoms with van der Waals surface area (Å²) in [4.78, 5) is 11.7. The molecule has 0 aliphatic carbocycles. The van der Waals surface area contributed by atoms with Gasteiger partial charge in [0.2, 0.25) is 5.91 Å². The predicted octanol–water partition coefficient (Wildman–Crippen LogP) is 1.76. The standard InChI is InChI=1S/C11H11ClN4O/c12-9-6-8(13)2-3-10(9)15-11(17)7-16-5-1-4-14-16/h1-6H,7,13H2,(H,15,17). The lowest BCUT2D eigenvalue weighted by molar-refractivity contribution is -0.116. The molecule has 2 rings (SSSR count). The van der Waals surface area contributed by atoms with Gasteiger partial charge in [0.1, 0.15) is 6.54 Å². The average molecular weight is 251 g/mol. The zero-order chi connectivity index (χ0) is 12.3. The maximum Gasteiger partial charge on any atom is 0.246 e. The van der Waals surface area contributed by atoms with E-state index in [1.165, 1.54) is 4.68 Å². The van der Waals surface area contributed by atoms with E-state index >= 15 is 0 Å². The molecule has 3 N–H and O–H groups in total. The normalized spacial score (nSPS) is 10.2. The summed E-state index contributed by atoms with van der Waals surface area (Å²) in [5, 5.41) is 7.04. The molecular formula is C11H11ClN4O. The minimum absolute atomic E-state index is 0.147. The molecule has 0 bridgehead atoms. The van der Waals surface area contributed by atoms with Crippen LogP contribution >= 0.6 is 11.6 Å². The number of rotatable bonds is 3. The van der Waals surface area contributed by atoms with Crippen LogP contribution in [-0.2, 0) is 11.3 Å². The molecule has 1 heterocycles. The Labute approximate surface area is 103 Å². The van der Waals surface area contributed by atoms with Crippen molar-refractivity contribution >= 4 is 28.9 Å². The first kappa shape index (κ1) is 11.5. The van der Waals surface area contributed by atoms with Crippen LogP contribution in [0.5, 0.6) is 0 Å². The van der Waals surface area contributed by atoms with Gasteiger partial charge in [-0.1, -0.05) is 11.6 Å². The van der Waals surface area contributed by atoms with E-state index in [1.54, 1.807) is 36.7 Å². The first-order chi connectivity index (χ1) is 8.15. The fourth-order valence-electron chi connectivity index (χ4n) is 1.36. The molecule has 0 atom stereocenters. The van der Waals surface area contributed by atoms with Crippen LogP contribution in [0.15, 0.2) is 36.7 Å². The highest BCUT2D eigenvalue weighted by Crippen LogP contribution is 2.23. The molecule has 17 heavy (non-hydrogen) atoms. The number of aromatic nitrogens is 2. The summed E-state index contributed by atoms with van der Waals surface area (Å²) in [7, 11) is 0. The number of halogens is 1. The molecule has 0 aliphatic heterocycles. The number of nitrogens with two attached hydrogens (primary N) is 1. The Bertz CT molecular complexity index is 524. The third kappa shape index (κ3) is 2.98. The van der Waals surface area contributed by atoms with E-state index in [9.17, 15) is 4.79 Å². The molecular weight excluding hydrogens is 240 g/mol. The smallest absolute Gasteiger partial charge is 0.246 e. The van der Waals surface area contributed by atoms with Crippen molar-refractivity contribution in [1.29, 1.82) is 0 Å². The Morgan fingerprint density at radius 1 is 1.53 bits per heavy atom. The van der Waals surface area contributed by atoms with E-state index in [4.69, 9.17) is 17.3 Å². The van der Waals surface area contributed by atoms with Crippen molar-refractivity contribution in [1.82, 2.24) is 9.78 Å². The van der Waals surface area contributed by atoms with Gasteiger partial charge in [0.05, 0.1) is 10.7 Å². The topological polar surface area (TPSA) is 72.9 Å². The van der Waals surface area contributed by atoms with Gasteiger partial charge < -0.3 is 11.1 Å².